The van der Waals surface area contributed by atoms with Crippen molar-refractivity contribution in [2.45, 2.75) is 0 Å². The Bertz CT molecular complexity index is 705. The van der Waals surface area contributed by atoms with Crippen molar-refractivity contribution in [3.05, 3.63) is 53.6 Å². The Hall–Kier alpha value is -2.94. The molecule has 6 heteroatoms. The smallest absolute Gasteiger partial charge is 0.123 e. The van der Waals surface area contributed by atoms with Gasteiger partial charge in [0.15, 0.2) is 0 Å². The molecule has 0 saturated heterocycles. The van der Waals surface area contributed by atoms with Crippen molar-refractivity contribution in [3.63, 3.8) is 0 Å². The first kappa shape index (κ1) is 14.5. The summed E-state index contributed by atoms with van der Waals surface area (Å²) in [7, 11) is 3.63. The van der Waals surface area contributed by atoms with Crippen molar-refractivity contribution in [1.82, 2.24) is 14.8 Å². The predicted octanol–water partition coefficient (Wildman–Crippen LogP) is 2.44. The third-order valence-corrected chi connectivity index (χ3v) is 2.59. The molecule has 0 aliphatic heterocycles. The molecule has 5 nitrogen and oxygen atoms in total. The highest BCUT2D eigenvalue weighted by atomic mass is 19.1. The lowest BCUT2D eigenvalue weighted by Crippen LogP contribution is -2.00. The summed E-state index contributed by atoms with van der Waals surface area (Å²) in [6.45, 7) is 0. The minimum atomic E-state index is -0.313. The molecule has 2 rings (SSSR count). The van der Waals surface area contributed by atoms with Crippen LogP contribution < -0.4 is 0 Å². The lowest BCUT2D eigenvalue weighted by Gasteiger charge is -2.00. The van der Waals surface area contributed by atoms with Crippen LogP contribution in [-0.4, -0.2) is 35.1 Å². The molecule has 2 aromatic rings. The Morgan fingerprint density at radius 1 is 1.33 bits per heavy atom. The second kappa shape index (κ2) is 6.48. The minimum absolute atomic E-state index is 0.313. The topological polar surface area (TPSA) is 57.2 Å². The Kier molecular flexibility index (Phi) is 4.46. The van der Waals surface area contributed by atoms with Crippen LogP contribution in [-0.2, 0) is 0 Å². The first-order valence-electron chi connectivity index (χ1n) is 6.24. The quantitative estimate of drug-likeness (QED) is 0.639. The lowest BCUT2D eigenvalue weighted by molar-refractivity contribution is 0.440. The van der Waals surface area contributed by atoms with E-state index in [1.807, 2.05) is 14.1 Å². The Morgan fingerprint density at radius 3 is 2.67 bits per heavy atom. The fourth-order valence-electron chi connectivity index (χ4n) is 1.63. The van der Waals surface area contributed by atoms with Gasteiger partial charge in [0.25, 0.3) is 0 Å². The summed E-state index contributed by atoms with van der Waals surface area (Å²) in [6.07, 6.45) is 6.62. The van der Waals surface area contributed by atoms with Crippen LogP contribution in [0, 0.1) is 17.1 Å². The highest BCUT2D eigenvalue weighted by molar-refractivity contribution is 5.78. The van der Waals surface area contributed by atoms with Crippen molar-refractivity contribution in [2.75, 3.05) is 14.1 Å². The van der Waals surface area contributed by atoms with Crippen LogP contribution in [0.4, 0.5) is 4.39 Å². The van der Waals surface area contributed by atoms with Gasteiger partial charge in [-0.3, -0.25) is 0 Å². The van der Waals surface area contributed by atoms with Gasteiger partial charge in [-0.1, -0.05) is 0 Å². The molecule has 0 unspecified atom stereocenters. The molecule has 0 aliphatic carbocycles. The van der Waals surface area contributed by atoms with E-state index in [2.05, 4.69) is 16.3 Å². The highest BCUT2D eigenvalue weighted by Crippen LogP contribution is 2.13. The zero-order chi connectivity index (χ0) is 15.2. The van der Waals surface area contributed by atoms with Gasteiger partial charge in [0.1, 0.15) is 17.6 Å². The molecule has 0 radical (unpaired) electrons. The van der Waals surface area contributed by atoms with E-state index in [-0.39, 0.29) is 5.82 Å². The van der Waals surface area contributed by atoms with Gasteiger partial charge < -0.3 is 5.01 Å². The van der Waals surface area contributed by atoms with E-state index in [9.17, 15) is 4.39 Å². The maximum absolute atomic E-state index is 12.9. The molecule has 0 spiro atoms. The average molecular weight is 283 g/mol. The van der Waals surface area contributed by atoms with Crippen LogP contribution in [0.25, 0.3) is 11.8 Å². The van der Waals surface area contributed by atoms with Crippen molar-refractivity contribution >= 4 is 12.3 Å². The summed E-state index contributed by atoms with van der Waals surface area (Å²) in [5.74, 6) is -0.313. The number of hydrogen-bond acceptors (Lipinski definition) is 4. The highest BCUT2D eigenvalue weighted by Gasteiger charge is 2.07. The van der Waals surface area contributed by atoms with Crippen LogP contribution in [0.3, 0.4) is 0 Å². The zero-order valence-corrected chi connectivity index (χ0v) is 11.7. The molecule has 1 heterocycles. The molecule has 0 amide bonds. The van der Waals surface area contributed by atoms with E-state index in [1.54, 1.807) is 46.4 Å². The van der Waals surface area contributed by atoms with Crippen molar-refractivity contribution < 1.29 is 4.39 Å². The SMILES string of the molecule is CN(C)/N=C/C=C/c1nn(-c2ccc(F)cc2)cc1C#N. The van der Waals surface area contributed by atoms with Gasteiger partial charge in [-0.2, -0.15) is 15.5 Å². The number of benzene rings is 1. The Morgan fingerprint density at radius 2 is 2.05 bits per heavy atom. The number of hydrazone groups is 1. The van der Waals surface area contributed by atoms with Gasteiger partial charge in [-0.15, -0.1) is 0 Å². The summed E-state index contributed by atoms with van der Waals surface area (Å²) in [5, 5.41) is 19.1. The number of rotatable bonds is 4. The van der Waals surface area contributed by atoms with Gasteiger partial charge in [0.05, 0.1) is 11.3 Å². The van der Waals surface area contributed by atoms with Gasteiger partial charge in [-0.05, 0) is 36.4 Å². The molecule has 21 heavy (non-hydrogen) atoms. The van der Waals surface area contributed by atoms with Gasteiger partial charge in [0.2, 0.25) is 0 Å². The largest absolute Gasteiger partial charge is 0.303 e. The number of halogens is 1. The summed E-state index contributed by atoms with van der Waals surface area (Å²) >= 11 is 0. The van der Waals surface area contributed by atoms with Crippen LogP contribution in [0.1, 0.15) is 11.3 Å². The van der Waals surface area contributed by atoms with E-state index in [4.69, 9.17) is 5.26 Å². The van der Waals surface area contributed by atoms with Crippen molar-refractivity contribution in [2.24, 2.45) is 5.10 Å². The standard InChI is InChI=1S/C15H14FN5/c1-20(2)18-9-3-4-15-12(10-17)11-21(19-15)14-7-5-13(16)6-8-14/h3-9,11H,1-2H3/b4-3+,18-9+. The molecule has 0 bridgehead atoms. The van der Waals surface area contributed by atoms with Crippen LogP contribution in [0.5, 0.6) is 0 Å². The number of nitriles is 1. The molecule has 1 aromatic heterocycles. The fraction of sp³-hybridized carbons (Fsp3) is 0.133. The molecule has 0 N–H and O–H groups in total. The molecule has 0 saturated carbocycles. The average Bonchev–Trinajstić information content (AvgIpc) is 2.87. The van der Waals surface area contributed by atoms with Crippen LogP contribution in [0.15, 0.2) is 41.6 Å². The number of nitrogens with zero attached hydrogens (tertiary/aromatic N) is 5. The minimum Gasteiger partial charge on any atom is -0.303 e. The predicted molar refractivity (Wildman–Crippen MR) is 79.5 cm³/mol. The number of allylic oxidation sites excluding steroid dienone is 1. The van der Waals surface area contributed by atoms with Crippen molar-refractivity contribution in [3.8, 4) is 11.8 Å². The second-order valence-electron chi connectivity index (χ2n) is 4.43. The van der Waals surface area contributed by atoms with E-state index >= 15 is 0 Å². The second-order valence-corrected chi connectivity index (χ2v) is 4.43. The normalized spacial score (nSPS) is 11.1. The summed E-state index contributed by atoms with van der Waals surface area (Å²) in [4.78, 5) is 0. The van der Waals surface area contributed by atoms with E-state index < -0.39 is 0 Å². The molecule has 1 aromatic carbocycles. The van der Waals surface area contributed by atoms with Crippen LogP contribution >= 0.6 is 0 Å². The third-order valence-electron chi connectivity index (χ3n) is 2.59. The molecule has 0 atom stereocenters. The van der Waals surface area contributed by atoms with Gasteiger partial charge in [-0.25, -0.2) is 9.07 Å². The van der Waals surface area contributed by atoms with E-state index in [0.29, 0.717) is 16.9 Å². The summed E-state index contributed by atoms with van der Waals surface area (Å²) < 4.78 is 14.5. The summed E-state index contributed by atoms with van der Waals surface area (Å²) in [6, 6.07) is 7.99. The first-order chi connectivity index (χ1) is 10.1. The molecule has 0 fully saturated rings. The van der Waals surface area contributed by atoms with E-state index in [1.165, 1.54) is 12.1 Å². The Labute approximate surface area is 122 Å². The third kappa shape index (κ3) is 3.76. The van der Waals surface area contributed by atoms with Crippen LogP contribution in [0.2, 0.25) is 0 Å². The number of aromatic nitrogens is 2. The zero-order valence-electron chi connectivity index (χ0n) is 11.7. The maximum atomic E-state index is 12.9. The van der Waals surface area contributed by atoms with Crippen molar-refractivity contribution in [1.29, 1.82) is 5.26 Å². The molecule has 106 valence electrons. The van der Waals surface area contributed by atoms with Gasteiger partial charge in [0, 0.05) is 26.5 Å². The fourth-order valence-corrected chi connectivity index (χ4v) is 1.63. The monoisotopic (exact) mass is 283 g/mol. The lowest BCUT2D eigenvalue weighted by atomic mass is 10.2. The molecule has 0 aliphatic rings. The van der Waals surface area contributed by atoms with E-state index in [0.717, 1.165) is 0 Å². The first-order valence-corrected chi connectivity index (χ1v) is 6.24. The molecular formula is C15H14FN5. The summed E-state index contributed by atoms with van der Waals surface area (Å²) in [5.41, 5.74) is 1.66. The molecular weight excluding hydrogens is 269 g/mol. The maximum Gasteiger partial charge on any atom is 0.123 e. The number of hydrogen-bond donors (Lipinski definition) is 0. The Balaban J connectivity index is 2.27. The van der Waals surface area contributed by atoms with Gasteiger partial charge >= 0.3 is 0 Å².